The first kappa shape index (κ1) is 14.6. The van der Waals surface area contributed by atoms with Crippen LogP contribution in [-0.4, -0.2) is 0 Å². The molecule has 0 unspecified atom stereocenters. The van der Waals surface area contributed by atoms with E-state index in [-0.39, 0.29) is 0 Å². The SMILES string of the molecule is C=C(/C(C)=C/CCC)c1ccc(C(F)(F)F)cc1. The van der Waals surface area contributed by atoms with Crippen molar-refractivity contribution in [1.29, 1.82) is 0 Å². The second-order valence-electron chi connectivity index (χ2n) is 4.23. The first-order valence-electron chi connectivity index (χ1n) is 5.90. The molecule has 0 aliphatic rings. The molecule has 0 bridgehead atoms. The molecule has 0 aliphatic carbocycles. The monoisotopic (exact) mass is 254 g/mol. The maximum atomic E-state index is 12.4. The van der Waals surface area contributed by atoms with Crippen LogP contribution in [0.3, 0.4) is 0 Å². The van der Waals surface area contributed by atoms with Crippen LogP contribution in [0.25, 0.3) is 5.57 Å². The summed E-state index contributed by atoms with van der Waals surface area (Å²) in [4.78, 5) is 0. The number of hydrogen-bond acceptors (Lipinski definition) is 0. The largest absolute Gasteiger partial charge is 0.416 e. The summed E-state index contributed by atoms with van der Waals surface area (Å²) in [5.41, 5.74) is 1.89. The van der Waals surface area contributed by atoms with Crippen LogP contribution in [0.15, 0.2) is 42.5 Å². The predicted molar refractivity (Wildman–Crippen MR) is 69.1 cm³/mol. The van der Waals surface area contributed by atoms with Gasteiger partial charge in [-0.25, -0.2) is 0 Å². The zero-order chi connectivity index (χ0) is 13.8. The Morgan fingerprint density at radius 3 is 2.22 bits per heavy atom. The van der Waals surface area contributed by atoms with Gasteiger partial charge in [0.2, 0.25) is 0 Å². The molecule has 0 N–H and O–H groups in total. The van der Waals surface area contributed by atoms with Crippen LogP contribution >= 0.6 is 0 Å². The Morgan fingerprint density at radius 1 is 1.22 bits per heavy atom. The van der Waals surface area contributed by atoms with Crippen molar-refractivity contribution in [2.24, 2.45) is 0 Å². The van der Waals surface area contributed by atoms with Crippen molar-refractivity contribution in [2.75, 3.05) is 0 Å². The van der Waals surface area contributed by atoms with Crippen LogP contribution in [0.5, 0.6) is 0 Å². The number of hydrogen-bond donors (Lipinski definition) is 0. The van der Waals surface area contributed by atoms with Gasteiger partial charge in [0.25, 0.3) is 0 Å². The van der Waals surface area contributed by atoms with Gasteiger partial charge in [-0.2, -0.15) is 13.2 Å². The quantitative estimate of drug-likeness (QED) is 0.625. The molecule has 0 aliphatic heterocycles. The number of unbranched alkanes of at least 4 members (excludes halogenated alkanes) is 1. The molecule has 1 aromatic rings. The molecule has 0 spiro atoms. The zero-order valence-electron chi connectivity index (χ0n) is 10.6. The Bertz CT molecular complexity index is 436. The Morgan fingerprint density at radius 2 is 1.78 bits per heavy atom. The van der Waals surface area contributed by atoms with Crippen molar-refractivity contribution in [2.45, 2.75) is 32.9 Å². The topological polar surface area (TPSA) is 0 Å². The molecule has 98 valence electrons. The predicted octanol–water partition coefficient (Wildman–Crippen LogP) is 5.47. The summed E-state index contributed by atoms with van der Waals surface area (Å²) in [5.74, 6) is 0. The first-order valence-corrected chi connectivity index (χ1v) is 5.90. The average molecular weight is 254 g/mol. The highest BCUT2D eigenvalue weighted by Gasteiger charge is 2.29. The van der Waals surface area contributed by atoms with Crippen LogP contribution in [0.1, 0.15) is 37.8 Å². The van der Waals surface area contributed by atoms with Gasteiger partial charge in [-0.1, -0.05) is 38.1 Å². The molecule has 0 aromatic heterocycles. The summed E-state index contributed by atoms with van der Waals surface area (Å²) in [6, 6.07) is 5.12. The maximum Gasteiger partial charge on any atom is 0.416 e. The lowest BCUT2D eigenvalue weighted by Gasteiger charge is -2.10. The fraction of sp³-hybridized carbons (Fsp3) is 0.333. The molecular formula is C15H17F3. The van der Waals surface area contributed by atoms with Crippen LogP contribution in [0.2, 0.25) is 0 Å². The number of halogens is 3. The van der Waals surface area contributed by atoms with Crippen molar-refractivity contribution in [3.63, 3.8) is 0 Å². The van der Waals surface area contributed by atoms with Gasteiger partial charge < -0.3 is 0 Å². The molecule has 3 heteroatoms. The van der Waals surface area contributed by atoms with Gasteiger partial charge in [-0.3, -0.25) is 0 Å². The molecule has 0 saturated heterocycles. The van der Waals surface area contributed by atoms with Crippen molar-refractivity contribution in [3.8, 4) is 0 Å². The minimum Gasteiger partial charge on any atom is -0.166 e. The molecule has 0 heterocycles. The van der Waals surface area contributed by atoms with Crippen LogP contribution in [0, 0.1) is 0 Å². The fourth-order valence-electron chi connectivity index (χ4n) is 1.57. The molecule has 0 amide bonds. The highest BCUT2D eigenvalue weighted by Crippen LogP contribution is 2.30. The molecule has 0 fully saturated rings. The second-order valence-corrected chi connectivity index (χ2v) is 4.23. The van der Waals surface area contributed by atoms with Crippen LogP contribution in [-0.2, 0) is 6.18 Å². The molecule has 18 heavy (non-hydrogen) atoms. The van der Waals surface area contributed by atoms with E-state index in [1.54, 1.807) is 0 Å². The zero-order valence-corrected chi connectivity index (χ0v) is 10.6. The summed E-state index contributed by atoms with van der Waals surface area (Å²) >= 11 is 0. The lowest BCUT2D eigenvalue weighted by molar-refractivity contribution is -0.137. The van der Waals surface area contributed by atoms with E-state index in [9.17, 15) is 13.2 Å². The third kappa shape index (κ3) is 3.76. The van der Waals surface area contributed by atoms with E-state index in [0.717, 1.165) is 41.7 Å². The molecule has 0 radical (unpaired) electrons. The van der Waals surface area contributed by atoms with Gasteiger partial charge in [0, 0.05) is 0 Å². The lowest BCUT2D eigenvalue weighted by atomic mass is 9.98. The van der Waals surface area contributed by atoms with Gasteiger partial charge in [0.1, 0.15) is 0 Å². The molecular weight excluding hydrogens is 237 g/mol. The lowest BCUT2D eigenvalue weighted by Crippen LogP contribution is -2.04. The Hall–Kier alpha value is -1.51. The minimum absolute atomic E-state index is 0.630. The Balaban J connectivity index is 2.89. The Labute approximate surface area is 106 Å². The highest BCUT2D eigenvalue weighted by atomic mass is 19.4. The van der Waals surface area contributed by atoms with Gasteiger partial charge in [-0.05, 0) is 42.2 Å². The van der Waals surface area contributed by atoms with E-state index >= 15 is 0 Å². The van der Waals surface area contributed by atoms with Crippen molar-refractivity contribution >= 4 is 5.57 Å². The van der Waals surface area contributed by atoms with Gasteiger partial charge in [-0.15, -0.1) is 0 Å². The van der Waals surface area contributed by atoms with Gasteiger partial charge >= 0.3 is 6.18 Å². The van der Waals surface area contributed by atoms with Gasteiger partial charge in [0.15, 0.2) is 0 Å². The number of benzene rings is 1. The van der Waals surface area contributed by atoms with E-state index in [0.29, 0.717) is 0 Å². The van der Waals surface area contributed by atoms with Crippen LogP contribution < -0.4 is 0 Å². The van der Waals surface area contributed by atoms with E-state index in [1.165, 1.54) is 12.1 Å². The molecule has 0 saturated carbocycles. The number of alkyl halides is 3. The van der Waals surface area contributed by atoms with E-state index in [1.807, 2.05) is 6.92 Å². The summed E-state index contributed by atoms with van der Waals surface area (Å²) in [6.07, 6.45) is -0.240. The normalized spacial score (nSPS) is 12.6. The molecule has 0 atom stereocenters. The van der Waals surface area contributed by atoms with Gasteiger partial charge in [0.05, 0.1) is 5.56 Å². The van der Waals surface area contributed by atoms with E-state index < -0.39 is 11.7 Å². The molecule has 1 rings (SSSR count). The van der Waals surface area contributed by atoms with Crippen molar-refractivity contribution in [3.05, 3.63) is 53.6 Å². The van der Waals surface area contributed by atoms with E-state index in [2.05, 4.69) is 19.6 Å². The number of rotatable bonds is 4. The third-order valence-corrected chi connectivity index (χ3v) is 2.78. The maximum absolute atomic E-state index is 12.4. The molecule has 0 nitrogen and oxygen atoms in total. The number of allylic oxidation sites excluding steroid dienone is 3. The summed E-state index contributed by atoms with van der Waals surface area (Å²) in [6.45, 7) is 7.92. The average Bonchev–Trinajstić information content (AvgIpc) is 2.34. The molecule has 1 aromatic carbocycles. The highest BCUT2D eigenvalue weighted by molar-refractivity contribution is 5.76. The second kappa shape index (κ2) is 5.89. The minimum atomic E-state index is -4.28. The fourth-order valence-corrected chi connectivity index (χ4v) is 1.57. The standard InChI is InChI=1S/C15H17F3/c1-4-5-6-11(2)12(3)13-7-9-14(10-8-13)15(16,17)18/h6-10H,3-5H2,1-2H3/b11-6+. The summed E-state index contributed by atoms with van der Waals surface area (Å²) < 4.78 is 37.2. The smallest absolute Gasteiger partial charge is 0.166 e. The van der Waals surface area contributed by atoms with Crippen molar-refractivity contribution in [1.82, 2.24) is 0 Å². The Kier molecular flexibility index (Phi) is 4.76. The van der Waals surface area contributed by atoms with Crippen molar-refractivity contribution < 1.29 is 13.2 Å². The summed E-state index contributed by atoms with van der Waals surface area (Å²) in [5, 5.41) is 0. The first-order chi connectivity index (χ1) is 8.36. The van der Waals surface area contributed by atoms with Crippen LogP contribution in [0.4, 0.5) is 13.2 Å². The third-order valence-electron chi connectivity index (χ3n) is 2.78. The van der Waals surface area contributed by atoms with E-state index in [4.69, 9.17) is 0 Å². The summed E-state index contributed by atoms with van der Waals surface area (Å²) in [7, 11) is 0.